The van der Waals surface area contributed by atoms with E-state index in [0.29, 0.717) is 6.04 Å². The van der Waals surface area contributed by atoms with Crippen LogP contribution in [0.5, 0.6) is 11.5 Å². The third-order valence-corrected chi connectivity index (χ3v) is 5.91. The van der Waals surface area contributed by atoms with Crippen molar-refractivity contribution in [3.63, 3.8) is 0 Å². The summed E-state index contributed by atoms with van der Waals surface area (Å²) in [6.07, 6.45) is 2.35. The average Bonchev–Trinajstić information content (AvgIpc) is 2.75. The maximum Gasteiger partial charge on any atom is 0.132 e. The minimum Gasteiger partial charge on any atom is -0.457 e. The Morgan fingerprint density at radius 2 is 1.68 bits per heavy atom. The van der Waals surface area contributed by atoms with Crippen LogP contribution in [-0.2, 0) is 0 Å². The zero-order valence-electron chi connectivity index (χ0n) is 15.6. The second-order valence-corrected chi connectivity index (χ2v) is 7.98. The first-order valence-corrected chi connectivity index (χ1v) is 10.3. The monoisotopic (exact) mass is 390 g/mol. The number of nitrogens with one attached hydrogen (secondary N) is 1. The molecule has 0 aromatic heterocycles. The molecule has 2 aliphatic heterocycles. The van der Waals surface area contributed by atoms with Gasteiger partial charge in [-0.15, -0.1) is 0 Å². The van der Waals surface area contributed by atoms with Crippen LogP contribution in [0.1, 0.15) is 30.0 Å². The Hall–Kier alpha value is -2.49. The van der Waals surface area contributed by atoms with Crippen LogP contribution in [0.2, 0.25) is 5.02 Å². The number of ether oxygens (including phenoxy) is 1. The molecule has 2 aliphatic rings. The number of fused-ring (bicyclic) bond motifs is 2. The lowest BCUT2D eigenvalue weighted by atomic mass is 9.92. The highest BCUT2D eigenvalue weighted by molar-refractivity contribution is 6.30. The van der Waals surface area contributed by atoms with E-state index < -0.39 is 0 Å². The molecule has 2 unspecified atom stereocenters. The summed E-state index contributed by atoms with van der Waals surface area (Å²) in [5, 5.41) is 4.66. The summed E-state index contributed by atoms with van der Waals surface area (Å²) in [5.74, 6) is 1.81. The minimum absolute atomic E-state index is 0.0828. The Bertz CT molecular complexity index is 975. The van der Waals surface area contributed by atoms with Crippen LogP contribution >= 0.6 is 11.6 Å². The fourth-order valence-corrected chi connectivity index (χ4v) is 4.52. The second-order valence-electron chi connectivity index (χ2n) is 7.54. The van der Waals surface area contributed by atoms with Gasteiger partial charge in [0, 0.05) is 41.0 Å². The molecule has 4 heteroatoms. The molecular weight excluding hydrogens is 368 g/mol. The smallest absolute Gasteiger partial charge is 0.132 e. The van der Waals surface area contributed by atoms with Crippen LogP contribution in [0.3, 0.4) is 0 Å². The van der Waals surface area contributed by atoms with Gasteiger partial charge in [-0.05, 0) is 49.2 Å². The molecule has 0 spiro atoms. The van der Waals surface area contributed by atoms with Crippen molar-refractivity contribution in [1.82, 2.24) is 5.32 Å². The van der Waals surface area contributed by atoms with Gasteiger partial charge in [-0.2, -0.15) is 0 Å². The van der Waals surface area contributed by atoms with Gasteiger partial charge in [-0.1, -0.05) is 48.0 Å². The number of piperidine rings is 1. The van der Waals surface area contributed by atoms with Crippen molar-refractivity contribution >= 4 is 17.3 Å². The van der Waals surface area contributed by atoms with E-state index in [9.17, 15) is 0 Å². The van der Waals surface area contributed by atoms with E-state index >= 15 is 0 Å². The molecule has 142 valence electrons. The molecular formula is C24H23ClN2O. The molecule has 1 fully saturated rings. The standard InChI is InChI=1S/C24H23ClN2O/c25-17-12-13-23-21(15-17)24(20-10-4-5-11-22(20)28-23)26-18-7-6-14-27(16-18)19-8-2-1-3-9-19/h1-5,8-13,15,18,24,26H,6-7,14,16H2. The Morgan fingerprint density at radius 1 is 0.893 bits per heavy atom. The van der Waals surface area contributed by atoms with Gasteiger partial charge < -0.3 is 15.0 Å². The average molecular weight is 391 g/mol. The molecule has 3 aromatic rings. The number of para-hydroxylation sites is 2. The minimum atomic E-state index is 0.0828. The third-order valence-electron chi connectivity index (χ3n) is 5.68. The molecule has 5 rings (SSSR count). The van der Waals surface area contributed by atoms with Crippen LogP contribution in [0.4, 0.5) is 5.69 Å². The molecule has 28 heavy (non-hydrogen) atoms. The highest BCUT2D eigenvalue weighted by atomic mass is 35.5. The van der Waals surface area contributed by atoms with Gasteiger partial charge in [0.25, 0.3) is 0 Å². The Kier molecular flexibility index (Phi) is 4.71. The first kappa shape index (κ1) is 17.6. The Labute approximate surface area is 170 Å². The van der Waals surface area contributed by atoms with Crippen LogP contribution in [-0.4, -0.2) is 19.1 Å². The number of hydrogen-bond donors (Lipinski definition) is 1. The molecule has 0 bridgehead atoms. The van der Waals surface area contributed by atoms with Crippen LogP contribution in [0.25, 0.3) is 0 Å². The first-order valence-electron chi connectivity index (χ1n) is 9.90. The van der Waals surface area contributed by atoms with E-state index in [2.05, 4.69) is 52.7 Å². The van der Waals surface area contributed by atoms with E-state index in [-0.39, 0.29) is 6.04 Å². The fourth-order valence-electron chi connectivity index (χ4n) is 4.34. The van der Waals surface area contributed by atoms with Crippen LogP contribution in [0.15, 0.2) is 72.8 Å². The zero-order chi connectivity index (χ0) is 18.9. The maximum absolute atomic E-state index is 6.32. The molecule has 1 saturated heterocycles. The molecule has 2 heterocycles. The molecule has 0 amide bonds. The van der Waals surface area contributed by atoms with Crippen molar-refractivity contribution in [2.45, 2.75) is 24.9 Å². The lowest BCUT2D eigenvalue weighted by molar-refractivity contribution is 0.370. The van der Waals surface area contributed by atoms with Gasteiger partial charge in [0.05, 0.1) is 6.04 Å². The maximum atomic E-state index is 6.32. The van der Waals surface area contributed by atoms with Crippen molar-refractivity contribution in [3.8, 4) is 11.5 Å². The number of halogens is 1. The molecule has 3 aromatic carbocycles. The Morgan fingerprint density at radius 3 is 2.57 bits per heavy atom. The molecule has 0 aliphatic carbocycles. The van der Waals surface area contributed by atoms with Crippen molar-refractivity contribution in [3.05, 3.63) is 88.9 Å². The fraction of sp³-hybridized carbons (Fsp3) is 0.250. The van der Waals surface area contributed by atoms with Gasteiger partial charge in [-0.3, -0.25) is 0 Å². The lowest BCUT2D eigenvalue weighted by Crippen LogP contribution is -2.47. The topological polar surface area (TPSA) is 24.5 Å². The SMILES string of the molecule is Clc1ccc2c(c1)C(NC1CCCN(c3ccccc3)C1)c1ccccc1O2. The highest BCUT2D eigenvalue weighted by Gasteiger charge is 2.30. The predicted molar refractivity (Wildman–Crippen MR) is 115 cm³/mol. The van der Waals surface area contributed by atoms with Crippen molar-refractivity contribution in [2.75, 3.05) is 18.0 Å². The molecule has 0 saturated carbocycles. The summed E-state index contributed by atoms with van der Waals surface area (Å²) in [5.41, 5.74) is 3.59. The third kappa shape index (κ3) is 3.36. The van der Waals surface area contributed by atoms with Crippen LogP contribution in [0, 0.1) is 0 Å². The summed E-state index contributed by atoms with van der Waals surface area (Å²) in [6, 6.07) is 25.3. The van der Waals surface area contributed by atoms with Crippen molar-refractivity contribution in [2.24, 2.45) is 0 Å². The van der Waals surface area contributed by atoms with Crippen molar-refractivity contribution in [1.29, 1.82) is 0 Å². The van der Waals surface area contributed by atoms with Gasteiger partial charge in [0.2, 0.25) is 0 Å². The second kappa shape index (κ2) is 7.50. The van der Waals surface area contributed by atoms with E-state index in [1.807, 2.05) is 30.3 Å². The number of hydrogen-bond acceptors (Lipinski definition) is 3. The van der Waals surface area contributed by atoms with Crippen LogP contribution < -0.4 is 15.0 Å². The van der Waals surface area contributed by atoms with Gasteiger partial charge >= 0.3 is 0 Å². The molecule has 0 radical (unpaired) electrons. The van der Waals surface area contributed by atoms with Gasteiger partial charge in [-0.25, -0.2) is 0 Å². The number of rotatable bonds is 3. The number of benzene rings is 3. The van der Waals surface area contributed by atoms with E-state index in [0.717, 1.165) is 35.2 Å². The van der Waals surface area contributed by atoms with Gasteiger partial charge in [0.1, 0.15) is 11.5 Å². The van der Waals surface area contributed by atoms with E-state index in [1.54, 1.807) is 0 Å². The number of anilines is 1. The zero-order valence-corrected chi connectivity index (χ0v) is 16.4. The quantitative estimate of drug-likeness (QED) is 0.612. The molecule has 3 nitrogen and oxygen atoms in total. The largest absolute Gasteiger partial charge is 0.457 e. The summed E-state index contributed by atoms with van der Waals surface area (Å²) in [6.45, 7) is 2.11. The summed E-state index contributed by atoms with van der Waals surface area (Å²) < 4.78 is 6.13. The Balaban J connectivity index is 1.44. The summed E-state index contributed by atoms with van der Waals surface area (Å²) in [7, 11) is 0. The first-order chi connectivity index (χ1) is 13.8. The van der Waals surface area contributed by atoms with Crippen molar-refractivity contribution < 1.29 is 4.74 Å². The summed E-state index contributed by atoms with van der Waals surface area (Å²) in [4.78, 5) is 2.48. The van der Waals surface area contributed by atoms with E-state index in [1.165, 1.54) is 24.1 Å². The van der Waals surface area contributed by atoms with E-state index in [4.69, 9.17) is 16.3 Å². The molecule has 2 atom stereocenters. The summed E-state index contributed by atoms with van der Waals surface area (Å²) >= 11 is 6.32. The predicted octanol–water partition coefficient (Wildman–Crippen LogP) is 5.79. The van der Waals surface area contributed by atoms with Gasteiger partial charge in [0.15, 0.2) is 0 Å². The number of nitrogens with zero attached hydrogens (tertiary/aromatic N) is 1. The highest BCUT2D eigenvalue weighted by Crippen LogP contribution is 2.44. The lowest BCUT2D eigenvalue weighted by Gasteiger charge is -2.38. The molecule has 1 N–H and O–H groups in total. The normalized spacial score (nSPS) is 20.8.